The third-order valence-electron chi connectivity index (χ3n) is 2.75. The normalized spacial score (nSPS) is 13.4. The molecule has 2 N–H and O–H groups in total. The van der Waals surface area contributed by atoms with E-state index in [9.17, 15) is 9.59 Å². The molecule has 1 rings (SSSR count). The van der Waals surface area contributed by atoms with Gasteiger partial charge in [-0.1, -0.05) is 6.92 Å². The van der Waals surface area contributed by atoms with Crippen LogP contribution in [0.1, 0.15) is 37.6 Å². The molecule has 2 atom stereocenters. The van der Waals surface area contributed by atoms with Crippen LogP contribution in [0.5, 0.6) is 5.75 Å². The van der Waals surface area contributed by atoms with Crippen molar-refractivity contribution in [1.82, 2.24) is 5.32 Å². The minimum atomic E-state index is -1.06. The fourth-order valence-corrected chi connectivity index (χ4v) is 1.34. The lowest BCUT2D eigenvalue weighted by molar-refractivity contribution is -0.138. The second-order valence-electron chi connectivity index (χ2n) is 4.39. The van der Waals surface area contributed by atoms with Gasteiger partial charge in [-0.2, -0.15) is 0 Å². The van der Waals surface area contributed by atoms with Crippen LogP contribution < -0.4 is 10.1 Å². The predicted octanol–water partition coefficient (Wildman–Crippen LogP) is 2.07. The SMILES string of the molecule is CCC(C)Oc1ccc(C(=O)N[C@H](C)C(=O)O)cc1. The van der Waals surface area contributed by atoms with Gasteiger partial charge in [-0.25, -0.2) is 0 Å². The first-order valence-corrected chi connectivity index (χ1v) is 6.24. The number of aliphatic carboxylic acids is 1. The Morgan fingerprint density at radius 3 is 2.32 bits per heavy atom. The minimum Gasteiger partial charge on any atom is -0.491 e. The summed E-state index contributed by atoms with van der Waals surface area (Å²) in [5.74, 6) is -0.785. The van der Waals surface area contributed by atoms with Gasteiger partial charge in [0.1, 0.15) is 11.8 Å². The molecule has 0 aliphatic carbocycles. The second kappa shape index (κ2) is 6.78. The fraction of sp³-hybridized carbons (Fsp3) is 0.429. The number of rotatable bonds is 6. The first-order valence-electron chi connectivity index (χ1n) is 6.24. The zero-order valence-corrected chi connectivity index (χ0v) is 11.3. The Morgan fingerprint density at radius 2 is 1.84 bits per heavy atom. The molecule has 5 heteroatoms. The summed E-state index contributed by atoms with van der Waals surface area (Å²) in [7, 11) is 0. The molecule has 104 valence electrons. The third-order valence-corrected chi connectivity index (χ3v) is 2.75. The molecule has 1 aromatic rings. The van der Waals surface area contributed by atoms with Crippen LogP contribution in [0.3, 0.4) is 0 Å². The van der Waals surface area contributed by atoms with Gasteiger partial charge in [-0.15, -0.1) is 0 Å². The first-order chi connectivity index (χ1) is 8.93. The van der Waals surface area contributed by atoms with Gasteiger partial charge < -0.3 is 15.2 Å². The highest BCUT2D eigenvalue weighted by Crippen LogP contribution is 2.14. The van der Waals surface area contributed by atoms with E-state index in [-0.39, 0.29) is 6.10 Å². The van der Waals surface area contributed by atoms with E-state index in [1.807, 2.05) is 13.8 Å². The zero-order chi connectivity index (χ0) is 14.4. The number of carbonyl (C=O) groups excluding carboxylic acids is 1. The number of hydrogen-bond acceptors (Lipinski definition) is 3. The Bertz CT molecular complexity index is 441. The summed E-state index contributed by atoms with van der Waals surface area (Å²) in [6.07, 6.45) is 1.02. The van der Waals surface area contributed by atoms with E-state index in [1.165, 1.54) is 6.92 Å². The molecule has 0 aromatic heterocycles. The van der Waals surface area contributed by atoms with Gasteiger partial charge in [-0.05, 0) is 44.5 Å². The number of hydrogen-bond donors (Lipinski definition) is 2. The van der Waals surface area contributed by atoms with Crippen molar-refractivity contribution >= 4 is 11.9 Å². The van der Waals surface area contributed by atoms with Crippen molar-refractivity contribution in [3.8, 4) is 5.75 Å². The topological polar surface area (TPSA) is 75.6 Å². The highest BCUT2D eigenvalue weighted by Gasteiger charge is 2.15. The molecule has 0 spiro atoms. The Labute approximate surface area is 112 Å². The summed E-state index contributed by atoms with van der Waals surface area (Å²) < 4.78 is 5.59. The van der Waals surface area contributed by atoms with Gasteiger partial charge in [0.15, 0.2) is 0 Å². The fourth-order valence-electron chi connectivity index (χ4n) is 1.34. The number of nitrogens with one attached hydrogen (secondary N) is 1. The molecule has 1 unspecified atom stereocenters. The standard InChI is InChI=1S/C14H19NO4/c1-4-9(2)19-12-7-5-11(6-8-12)13(16)15-10(3)14(17)18/h5-10H,4H2,1-3H3,(H,15,16)(H,17,18)/t9?,10-/m1/s1. The third kappa shape index (κ3) is 4.62. The summed E-state index contributed by atoms with van der Waals surface area (Å²) in [5.41, 5.74) is 0.407. The van der Waals surface area contributed by atoms with Crippen LogP contribution in [0.15, 0.2) is 24.3 Å². The van der Waals surface area contributed by atoms with Crippen molar-refractivity contribution in [1.29, 1.82) is 0 Å². The van der Waals surface area contributed by atoms with E-state index in [0.717, 1.165) is 6.42 Å². The lowest BCUT2D eigenvalue weighted by atomic mass is 10.2. The van der Waals surface area contributed by atoms with Gasteiger partial charge in [0.2, 0.25) is 0 Å². The Morgan fingerprint density at radius 1 is 1.26 bits per heavy atom. The molecule has 0 heterocycles. The van der Waals surface area contributed by atoms with Crippen LogP contribution >= 0.6 is 0 Å². The van der Waals surface area contributed by atoms with Gasteiger partial charge in [-0.3, -0.25) is 9.59 Å². The van der Waals surface area contributed by atoms with E-state index >= 15 is 0 Å². The van der Waals surface area contributed by atoms with Crippen molar-refractivity contribution in [3.05, 3.63) is 29.8 Å². The summed E-state index contributed by atoms with van der Waals surface area (Å²) in [5, 5.41) is 11.1. The number of carboxylic acids is 1. The molecule has 0 aliphatic rings. The van der Waals surface area contributed by atoms with Crippen molar-refractivity contribution in [2.45, 2.75) is 39.3 Å². The predicted molar refractivity (Wildman–Crippen MR) is 71.4 cm³/mol. The highest BCUT2D eigenvalue weighted by atomic mass is 16.5. The maximum Gasteiger partial charge on any atom is 0.325 e. The molecular formula is C14H19NO4. The molecular weight excluding hydrogens is 246 g/mol. The smallest absolute Gasteiger partial charge is 0.325 e. The molecule has 0 bridgehead atoms. The van der Waals surface area contributed by atoms with Gasteiger partial charge in [0.05, 0.1) is 6.10 Å². The minimum absolute atomic E-state index is 0.117. The molecule has 0 aliphatic heterocycles. The van der Waals surface area contributed by atoms with Crippen molar-refractivity contribution in [2.75, 3.05) is 0 Å². The average molecular weight is 265 g/mol. The maximum absolute atomic E-state index is 11.7. The van der Waals surface area contributed by atoms with Crippen molar-refractivity contribution in [2.24, 2.45) is 0 Å². The molecule has 0 saturated carbocycles. The van der Waals surface area contributed by atoms with Crippen LogP contribution in [0.2, 0.25) is 0 Å². The lowest BCUT2D eigenvalue weighted by Gasteiger charge is -2.13. The van der Waals surface area contributed by atoms with E-state index in [0.29, 0.717) is 11.3 Å². The van der Waals surface area contributed by atoms with E-state index in [4.69, 9.17) is 9.84 Å². The van der Waals surface area contributed by atoms with E-state index in [1.54, 1.807) is 24.3 Å². The molecule has 0 saturated heterocycles. The first kappa shape index (κ1) is 15.0. The van der Waals surface area contributed by atoms with Crippen LogP contribution in [-0.4, -0.2) is 29.1 Å². The number of carbonyl (C=O) groups is 2. The Hall–Kier alpha value is -2.04. The summed E-state index contributed by atoms with van der Waals surface area (Å²) in [6, 6.07) is 5.71. The van der Waals surface area contributed by atoms with Gasteiger partial charge in [0.25, 0.3) is 5.91 Å². The van der Waals surface area contributed by atoms with Crippen LogP contribution in [-0.2, 0) is 4.79 Å². The molecule has 0 fully saturated rings. The summed E-state index contributed by atoms with van der Waals surface area (Å²) in [6.45, 7) is 5.41. The van der Waals surface area contributed by atoms with Gasteiger partial charge in [0, 0.05) is 5.56 Å². The van der Waals surface area contributed by atoms with Crippen molar-refractivity contribution in [3.63, 3.8) is 0 Å². The highest BCUT2D eigenvalue weighted by molar-refractivity contribution is 5.96. The number of amides is 1. The second-order valence-corrected chi connectivity index (χ2v) is 4.39. The molecule has 1 amide bonds. The largest absolute Gasteiger partial charge is 0.491 e. The van der Waals surface area contributed by atoms with Crippen molar-refractivity contribution < 1.29 is 19.4 Å². The quantitative estimate of drug-likeness (QED) is 0.825. The van der Waals surface area contributed by atoms with Gasteiger partial charge >= 0.3 is 5.97 Å². The average Bonchev–Trinajstić information content (AvgIpc) is 2.39. The number of benzene rings is 1. The maximum atomic E-state index is 11.7. The zero-order valence-electron chi connectivity index (χ0n) is 11.3. The Kier molecular flexibility index (Phi) is 5.36. The lowest BCUT2D eigenvalue weighted by Crippen LogP contribution is -2.38. The van der Waals surface area contributed by atoms with E-state index in [2.05, 4.69) is 5.32 Å². The molecule has 19 heavy (non-hydrogen) atoms. The van der Waals surface area contributed by atoms with E-state index < -0.39 is 17.9 Å². The molecule has 1 aromatic carbocycles. The number of ether oxygens (including phenoxy) is 1. The summed E-state index contributed by atoms with van der Waals surface area (Å²) in [4.78, 5) is 22.4. The Balaban J connectivity index is 2.65. The van der Waals surface area contributed by atoms with Crippen LogP contribution in [0, 0.1) is 0 Å². The van der Waals surface area contributed by atoms with Crippen LogP contribution in [0.25, 0.3) is 0 Å². The molecule has 5 nitrogen and oxygen atoms in total. The monoisotopic (exact) mass is 265 g/mol. The van der Waals surface area contributed by atoms with Crippen LogP contribution in [0.4, 0.5) is 0 Å². The molecule has 0 radical (unpaired) electrons. The number of carboxylic acid groups (broad SMARTS) is 1. The summed E-state index contributed by atoms with van der Waals surface area (Å²) >= 11 is 0.